The molecule has 812 valence electrons. The minimum absolute atomic E-state index is 0.104. The lowest BCUT2D eigenvalue weighted by molar-refractivity contribution is -0.169. The number of ether oxygens (including phenoxy) is 6. The van der Waals surface area contributed by atoms with Crippen molar-refractivity contribution >= 4 is 83.1 Å². The van der Waals surface area contributed by atoms with Crippen LogP contribution in [0.15, 0.2) is 0 Å². The van der Waals surface area contributed by atoms with E-state index in [1.54, 1.807) is 34.6 Å². The fraction of sp³-hybridized carbons (Fsp3) is 0.865. The highest BCUT2D eigenvalue weighted by molar-refractivity contribution is 5.92. The number of amides is 8. The van der Waals surface area contributed by atoms with Crippen molar-refractivity contribution in [1.29, 1.82) is 0 Å². The Balaban J connectivity index is 1.25. The molecule has 142 heavy (non-hydrogen) atoms. The Kier molecular flexibility index (Phi) is 50.5. The van der Waals surface area contributed by atoms with E-state index in [9.17, 15) is 99.0 Å². The predicted molar refractivity (Wildman–Crippen MR) is 521 cm³/mol. The standard InChI is InChI=1S/C104H176N8O30/c1-61(113)45-105(46-62(2)114)93(125)79-33-19-25-39-85(79)99(131)137-71(11)55-110(56-72(12)138-100(132)86-40-26-20-34-80(86)94(126)106(47-63(3)115)48-64(4)116)91(123)77-31-17-18-32-78(77)92(124)111(57-73(13)139-101(133)87-41-27-21-35-81(87)95(127)107(49-65(5)117)50-66(6)118)58-74(14)140-104(136)90-44-30-24-38-84(90)98(130)112(59-75(15)141-102(134)88-42-28-22-36-82(88)96(128)108(51-67(7)119)52-68(8)120)60-76(16)142-103(135)89-43-29-23-37-83(89)97(129)109(53-69(9)121)54-70(10)122/h61-90,113-122H,17-60H2,1-16H3. The molecule has 7 aliphatic carbocycles. The number of carbonyl (C=O) groups is 14. The normalized spacial score (nSPS) is 26.7. The molecule has 0 bridgehead atoms. The third-order valence-corrected chi connectivity index (χ3v) is 28.8. The van der Waals surface area contributed by atoms with Crippen molar-refractivity contribution in [3.63, 3.8) is 0 Å². The van der Waals surface area contributed by atoms with Crippen molar-refractivity contribution in [1.82, 2.24) is 39.2 Å². The quantitative estimate of drug-likeness (QED) is 0.0259. The van der Waals surface area contributed by atoms with E-state index in [0.29, 0.717) is 116 Å². The number of hydrogen-bond donors (Lipinski definition) is 10. The highest BCUT2D eigenvalue weighted by atomic mass is 16.6. The molecule has 0 aromatic carbocycles. The minimum Gasteiger partial charge on any atom is -0.461 e. The molecule has 10 N–H and O–H groups in total. The van der Waals surface area contributed by atoms with E-state index in [-0.39, 0.29) is 162 Å². The van der Waals surface area contributed by atoms with Gasteiger partial charge in [0.1, 0.15) is 36.6 Å². The van der Waals surface area contributed by atoms with E-state index in [0.717, 1.165) is 0 Å². The van der Waals surface area contributed by atoms with Gasteiger partial charge in [0, 0.05) is 77.3 Å². The fourth-order valence-corrected chi connectivity index (χ4v) is 22.9. The van der Waals surface area contributed by atoms with E-state index in [2.05, 4.69) is 0 Å². The molecule has 0 aliphatic heterocycles. The van der Waals surface area contributed by atoms with Crippen LogP contribution in [0, 0.1) is 82.9 Å². The summed E-state index contributed by atoms with van der Waals surface area (Å²) >= 11 is 0. The van der Waals surface area contributed by atoms with E-state index < -0.39 is 270 Å². The van der Waals surface area contributed by atoms with Gasteiger partial charge >= 0.3 is 35.8 Å². The summed E-state index contributed by atoms with van der Waals surface area (Å²) in [4.78, 5) is 221. The van der Waals surface area contributed by atoms with Crippen LogP contribution in [0.1, 0.15) is 291 Å². The second-order valence-electron chi connectivity index (χ2n) is 43.4. The maximum absolute atomic E-state index is 16.4. The van der Waals surface area contributed by atoms with Gasteiger partial charge in [-0.25, -0.2) is 0 Å². The Morgan fingerprint density at radius 1 is 0.162 bits per heavy atom. The maximum atomic E-state index is 16.4. The van der Waals surface area contributed by atoms with Crippen molar-refractivity contribution in [2.45, 2.75) is 388 Å². The largest absolute Gasteiger partial charge is 0.461 e. The van der Waals surface area contributed by atoms with Gasteiger partial charge in [-0.3, -0.25) is 67.1 Å². The molecule has 0 aromatic heterocycles. The molecular formula is C104H176N8O30. The van der Waals surface area contributed by atoms with Gasteiger partial charge in [-0.1, -0.05) is 89.9 Å². The SMILES string of the molecule is CC(O)CN(CC(C)O)C(=O)C1CCCCC1C(=O)OC(C)CN(CC(C)OC(=O)C1CCCCC1C(=O)N(CC(C)O)CC(C)O)C(=O)C1CCCCC1C(=O)OC(C)CN(CC(C)OC(=O)C1CCCCC1C(=O)N(CC(C)O)CC(C)O)C(=O)C1CCCCC1C(=O)N(CC(C)OC(=O)C1CCCCC1C(=O)N(CC(C)O)CC(C)O)CC(C)OC(=O)C1CCCCC1C(=O)N(CC(C)O)CC(C)O. The van der Waals surface area contributed by atoms with Crippen LogP contribution in [0.5, 0.6) is 0 Å². The van der Waals surface area contributed by atoms with Crippen molar-refractivity contribution in [3.05, 3.63) is 0 Å². The van der Waals surface area contributed by atoms with Crippen molar-refractivity contribution in [2.75, 3.05) is 105 Å². The molecular weight excluding hydrogens is 1840 g/mol. The van der Waals surface area contributed by atoms with Gasteiger partial charge in [0.15, 0.2) is 0 Å². The third kappa shape index (κ3) is 37.8. The average molecular weight is 2020 g/mol. The van der Waals surface area contributed by atoms with E-state index >= 15 is 19.2 Å². The summed E-state index contributed by atoms with van der Waals surface area (Å²) in [6.07, 6.45) is -5.65. The molecule has 7 saturated carbocycles. The Labute approximate surface area is 840 Å². The number of rotatable bonds is 52. The predicted octanol–water partition coefficient (Wildman–Crippen LogP) is 5.66. The second kappa shape index (κ2) is 59.2. The lowest BCUT2D eigenvalue weighted by atomic mass is 9.77. The summed E-state index contributed by atoms with van der Waals surface area (Å²) in [6.45, 7) is 21.1. The van der Waals surface area contributed by atoms with Crippen LogP contribution < -0.4 is 0 Å². The molecule has 7 aliphatic rings. The van der Waals surface area contributed by atoms with Crippen molar-refractivity contribution in [3.8, 4) is 0 Å². The maximum Gasteiger partial charge on any atom is 0.310 e. The zero-order valence-corrected chi connectivity index (χ0v) is 87.6. The van der Waals surface area contributed by atoms with Crippen molar-refractivity contribution < 1.29 is 147 Å². The molecule has 0 spiro atoms. The number of aliphatic hydroxyl groups is 10. The van der Waals surface area contributed by atoms with Gasteiger partial charge in [-0.2, -0.15) is 0 Å². The summed E-state index contributed by atoms with van der Waals surface area (Å²) in [6, 6.07) is 0. The monoisotopic (exact) mass is 2020 g/mol. The van der Waals surface area contributed by atoms with Gasteiger partial charge in [-0.05, 0) is 201 Å². The number of esters is 6. The van der Waals surface area contributed by atoms with Crippen LogP contribution in [0.4, 0.5) is 0 Å². The highest BCUT2D eigenvalue weighted by Gasteiger charge is 2.50. The minimum atomic E-state index is -1.23. The first kappa shape index (κ1) is 121. The molecule has 0 radical (unpaired) electrons. The zero-order chi connectivity index (χ0) is 105. The molecule has 30 atom stereocenters. The van der Waals surface area contributed by atoms with Crippen LogP contribution in [-0.2, 0) is 95.5 Å². The highest BCUT2D eigenvalue weighted by Crippen LogP contribution is 2.42. The van der Waals surface area contributed by atoms with Gasteiger partial charge in [-0.15, -0.1) is 0 Å². The summed E-state index contributed by atoms with van der Waals surface area (Å²) in [7, 11) is 0. The first-order valence-corrected chi connectivity index (χ1v) is 53.3. The molecule has 38 heteroatoms. The summed E-state index contributed by atoms with van der Waals surface area (Å²) in [5, 5.41) is 105. The lowest BCUT2D eigenvalue weighted by Gasteiger charge is -2.39. The topological polar surface area (TPSA) is 523 Å². The number of aliphatic hydroxyl groups excluding tert-OH is 10. The first-order valence-electron chi connectivity index (χ1n) is 53.3. The van der Waals surface area contributed by atoms with Crippen LogP contribution in [-0.4, -0.2) is 376 Å². The number of hydrogen-bond acceptors (Lipinski definition) is 30. The van der Waals surface area contributed by atoms with E-state index in [1.807, 2.05) is 0 Å². The average Bonchev–Trinajstić information content (AvgIpc) is 0.802. The van der Waals surface area contributed by atoms with Crippen LogP contribution in [0.2, 0.25) is 0 Å². The molecule has 0 aromatic rings. The summed E-state index contributed by atoms with van der Waals surface area (Å²) < 4.78 is 37.8. The zero-order valence-electron chi connectivity index (χ0n) is 87.6. The first-order chi connectivity index (χ1) is 66.9. The Morgan fingerprint density at radius 2 is 0.246 bits per heavy atom. The summed E-state index contributed by atoms with van der Waals surface area (Å²) in [5.41, 5.74) is 0. The summed E-state index contributed by atoms with van der Waals surface area (Å²) in [5.74, 6) is -22.5. The molecule has 30 unspecified atom stereocenters. The van der Waals surface area contributed by atoms with Crippen LogP contribution >= 0.6 is 0 Å². The van der Waals surface area contributed by atoms with Gasteiger partial charge in [0.2, 0.25) is 47.3 Å². The van der Waals surface area contributed by atoms with Gasteiger partial charge in [0.25, 0.3) is 0 Å². The Morgan fingerprint density at radius 3 is 0.345 bits per heavy atom. The molecule has 0 heterocycles. The third-order valence-electron chi connectivity index (χ3n) is 28.8. The second-order valence-corrected chi connectivity index (χ2v) is 43.4. The smallest absolute Gasteiger partial charge is 0.310 e. The molecule has 8 amide bonds. The Bertz CT molecular complexity index is 3800. The molecule has 38 nitrogen and oxygen atoms in total. The molecule has 7 fully saturated rings. The Hall–Kier alpha value is -7.82. The number of nitrogens with zero attached hydrogens (tertiary/aromatic N) is 8. The van der Waals surface area contributed by atoms with Crippen LogP contribution in [0.3, 0.4) is 0 Å². The fourth-order valence-electron chi connectivity index (χ4n) is 22.9. The van der Waals surface area contributed by atoms with Gasteiger partial charge in [0.05, 0.1) is 171 Å². The molecule has 7 rings (SSSR count). The van der Waals surface area contributed by atoms with E-state index in [4.69, 9.17) is 28.4 Å². The lowest BCUT2D eigenvalue weighted by Crippen LogP contribution is -2.53. The van der Waals surface area contributed by atoms with E-state index in [1.165, 1.54) is 115 Å². The van der Waals surface area contributed by atoms with Crippen LogP contribution in [0.25, 0.3) is 0 Å². The molecule has 0 saturated heterocycles. The van der Waals surface area contributed by atoms with Gasteiger partial charge < -0.3 is 119 Å². The number of carbonyl (C=O) groups excluding carboxylic acids is 14. The van der Waals surface area contributed by atoms with Crippen molar-refractivity contribution in [2.24, 2.45) is 82.9 Å².